The van der Waals surface area contributed by atoms with Crippen LogP contribution >= 0.6 is 0 Å². The molecule has 1 N–H and O–H groups in total. The highest BCUT2D eigenvalue weighted by Gasteiger charge is 2.40. The van der Waals surface area contributed by atoms with Crippen LogP contribution in [0.25, 0.3) is 11.0 Å². The number of hydrogen-bond acceptors (Lipinski definition) is 4. The van der Waals surface area contributed by atoms with Crippen molar-refractivity contribution in [3.8, 4) is 0 Å². The predicted molar refractivity (Wildman–Crippen MR) is 107 cm³/mol. The Balaban J connectivity index is 1.63. The molecule has 1 aliphatic heterocycles. The fourth-order valence-electron chi connectivity index (χ4n) is 3.59. The number of fused-ring (bicyclic) bond motifs is 3. The summed E-state index contributed by atoms with van der Waals surface area (Å²) in [6, 6.07) is 11.3. The highest BCUT2D eigenvalue weighted by Crippen LogP contribution is 2.36. The minimum Gasteiger partial charge on any atom is -0.383 e. The topological polar surface area (TPSA) is 76.5 Å². The number of para-hydroxylation sites is 2. The average molecular weight is 396 g/mol. The van der Waals surface area contributed by atoms with Gasteiger partial charge in [0.2, 0.25) is 11.9 Å². The molecule has 1 aliphatic rings. The zero-order valence-electron chi connectivity index (χ0n) is 16.2. The number of rotatable bonds is 6. The number of aryl methyl sites for hydroxylation is 1. The fraction of sp³-hybridized carbons (Fsp3) is 0.286. The Morgan fingerprint density at radius 3 is 2.83 bits per heavy atom. The lowest BCUT2D eigenvalue weighted by molar-refractivity contribution is -0.124. The average Bonchev–Trinajstić information content (AvgIpc) is 3.18. The van der Waals surface area contributed by atoms with E-state index in [2.05, 4.69) is 10.3 Å². The molecule has 7 nitrogen and oxygen atoms in total. The van der Waals surface area contributed by atoms with Crippen molar-refractivity contribution < 1.29 is 18.7 Å². The van der Waals surface area contributed by atoms with Crippen LogP contribution in [0.2, 0.25) is 0 Å². The summed E-state index contributed by atoms with van der Waals surface area (Å²) in [7, 11) is 1.56. The van der Waals surface area contributed by atoms with Crippen molar-refractivity contribution in [2.75, 3.05) is 30.5 Å². The summed E-state index contributed by atoms with van der Waals surface area (Å²) in [5, 5.41) is 2.57. The van der Waals surface area contributed by atoms with Gasteiger partial charge in [-0.2, -0.15) is 0 Å². The summed E-state index contributed by atoms with van der Waals surface area (Å²) >= 11 is 0. The number of benzene rings is 2. The molecule has 150 valence electrons. The van der Waals surface area contributed by atoms with Crippen LogP contribution in [0.1, 0.15) is 18.0 Å². The van der Waals surface area contributed by atoms with E-state index >= 15 is 0 Å². The van der Waals surface area contributed by atoms with Crippen molar-refractivity contribution in [3.05, 3.63) is 53.8 Å². The molecule has 2 amide bonds. The Morgan fingerprint density at radius 1 is 1.28 bits per heavy atom. The minimum atomic E-state index is -0.747. The summed E-state index contributed by atoms with van der Waals surface area (Å²) in [6.07, 6.45) is -0.122. The number of amides is 2. The molecule has 0 saturated carbocycles. The second-order valence-corrected chi connectivity index (χ2v) is 7.00. The van der Waals surface area contributed by atoms with Gasteiger partial charge in [-0.05, 0) is 36.8 Å². The summed E-state index contributed by atoms with van der Waals surface area (Å²) in [4.78, 5) is 31.8. The van der Waals surface area contributed by atoms with Crippen LogP contribution in [0.15, 0.2) is 42.5 Å². The molecular formula is C21H21FN4O3. The molecule has 1 aromatic heterocycles. The highest BCUT2D eigenvalue weighted by atomic mass is 19.1. The number of anilines is 2. The van der Waals surface area contributed by atoms with E-state index in [4.69, 9.17) is 4.74 Å². The van der Waals surface area contributed by atoms with E-state index in [0.717, 1.165) is 16.6 Å². The van der Waals surface area contributed by atoms with Crippen molar-refractivity contribution in [1.82, 2.24) is 9.55 Å². The SMILES string of the molecule is COCCN1C(=O)[C@@H](CC(=O)Nc2ccc(C)cc2F)n2c1nc1ccccc12. The molecule has 29 heavy (non-hydrogen) atoms. The molecule has 8 heteroatoms. The Kier molecular flexibility index (Phi) is 5.02. The third-order valence-electron chi connectivity index (χ3n) is 4.98. The zero-order chi connectivity index (χ0) is 20.5. The number of aromatic nitrogens is 2. The fourth-order valence-corrected chi connectivity index (χ4v) is 3.59. The largest absolute Gasteiger partial charge is 0.383 e. The van der Waals surface area contributed by atoms with Gasteiger partial charge in [-0.3, -0.25) is 19.1 Å². The van der Waals surface area contributed by atoms with E-state index in [-0.39, 0.29) is 18.0 Å². The second kappa shape index (κ2) is 7.63. The number of nitrogens with zero attached hydrogens (tertiary/aromatic N) is 3. The summed E-state index contributed by atoms with van der Waals surface area (Å²) in [5.74, 6) is -0.683. The first-order valence-electron chi connectivity index (χ1n) is 9.33. The standard InChI is InChI=1S/C21H21FN4O3/c1-13-7-8-15(14(22)11-13)23-19(27)12-18-20(28)25(9-10-29-2)21-24-16-5-3-4-6-17(16)26(18)21/h3-8,11,18H,9-10,12H2,1-2H3,(H,23,27)/t18-/m1/s1. The highest BCUT2D eigenvalue weighted by molar-refractivity contribution is 6.05. The molecule has 0 fully saturated rings. The number of hydrogen-bond donors (Lipinski definition) is 1. The molecule has 1 atom stereocenters. The monoisotopic (exact) mass is 396 g/mol. The molecule has 0 radical (unpaired) electrons. The Labute approximate surface area is 167 Å². The molecular weight excluding hydrogens is 375 g/mol. The second-order valence-electron chi connectivity index (χ2n) is 7.00. The first kappa shape index (κ1) is 19.1. The van der Waals surface area contributed by atoms with Crippen molar-refractivity contribution in [3.63, 3.8) is 0 Å². The van der Waals surface area contributed by atoms with E-state index in [1.807, 2.05) is 24.3 Å². The summed E-state index contributed by atoms with van der Waals surface area (Å²) in [5.41, 5.74) is 2.37. The van der Waals surface area contributed by atoms with E-state index < -0.39 is 17.8 Å². The first-order chi connectivity index (χ1) is 14.0. The van der Waals surface area contributed by atoms with Crippen LogP contribution in [0.4, 0.5) is 16.0 Å². The lowest BCUT2D eigenvalue weighted by Gasteiger charge is -2.15. The van der Waals surface area contributed by atoms with Gasteiger partial charge >= 0.3 is 0 Å². The lowest BCUT2D eigenvalue weighted by Crippen LogP contribution is -2.33. The lowest BCUT2D eigenvalue weighted by atomic mass is 10.1. The van der Waals surface area contributed by atoms with Crippen LogP contribution in [-0.2, 0) is 14.3 Å². The Bertz CT molecular complexity index is 1090. The maximum Gasteiger partial charge on any atom is 0.253 e. The van der Waals surface area contributed by atoms with Crippen LogP contribution in [0.5, 0.6) is 0 Å². The van der Waals surface area contributed by atoms with E-state index in [1.165, 1.54) is 17.0 Å². The molecule has 2 aromatic carbocycles. The first-order valence-corrected chi connectivity index (χ1v) is 9.33. The van der Waals surface area contributed by atoms with Crippen LogP contribution in [0.3, 0.4) is 0 Å². The summed E-state index contributed by atoms with van der Waals surface area (Å²) < 4.78 is 21.0. The molecule has 3 aromatic rings. The van der Waals surface area contributed by atoms with Crippen LogP contribution < -0.4 is 10.2 Å². The third-order valence-corrected chi connectivity index (χ3v) is 4.98. The minimum absolute atomic E-state index is 0.0954. The van der Waals surface area contributed by atoms with Crippen molar-refractivity contribution >= 4 is 34.5 Å². The Hall–Kier alpha value is -3.26. The van der Waals surface area contributed by atoms with Crippen molar-refractivity contribution in [1.29, 1.82) is 0 Å². The van der Waals surface area contributed by atoms with E-state index in [9.17, 15) is 14.0 Å². The molecule has 0 unspecified atom stereocenters. The number of imidazole rings is 1. The molecule has 0 saturated heterocycles. The van der Waals surface area contributed by atoms with Gasteiger partial charge in [0.15, 0.2) is 0 Å². The van der Waals surface area contributed by atoms with Gasteiger partial charge in [0.1, 0.15) is 11.9 Å². The number of nitrogens with one attached hydrogen (secondary N) is 1. The van der Waals surface area contributed by atoms with Crippen molar-refractivity contribution in [2.24, 2.45) is 0 Å². The number of ether oxygens (including phenoxy) is 1. The third kappa shape index (κ3) is 3.47. The number of carbonyl (C=O) groups is 2. The number of halogens is 1. The van der Waals surface area contributed by atoms with Gasteiger partial charge in [-0.25, -0.2) is 9.37 Å². The normalized spacial score (nSPS) is 15.8. The van der Waals surface area contributed by atoms with Gasteiger partial charge in [0.05, 0.1) is 36.3 Å². The number of methoxy groups -OCH3 is 1. The smallest absolute Gasteiger partial charge is 0.253 e. The summed E-state index contributed by atoms with van der Waals surface area (Å²) in [6.45, 7) is 2.46. The van der Waals surface area contributed by atoms with E-state index in [1.54, 1.807) is 24.7 Å². The Morgan fingerprint density at radius 2 is 2.07 bits per heavy atom. The van der Waals surface area contributed by atoms with Gasteiger partial charge in [-0.15, -0.1) is 0 Å². The van der Waals surface area contributed by atoms with Gasteiger partial charge in [0.25, 0.3) is 5.91 Å². The van der Waals surface area contributed by atoms with Crippen LogP contribution in [-0.4, -0.2) is 41.6 Å². The maximum absolute atomic E-state index is 14.1. The molecule has 2 heterocycles. The van der Waals surface area contributed by atoms with Gasteiger partial charge in [-0.1, -0.05) is 18.2 Å². The molecule has 0 aliphatic carbocycles. The van der Waals surface area contributed by atoms with Gasteiger partial charge < -0.3 is 10.1 Å². The predicted octanol–water partition coefficient (Wildman–Crippen LogP) is 3.05. The quantitative estimate of drug-likeness (QED) is 0.695. The molecule has 0 spiro atoms. The van der Waals surface area contributed by atoms with Gasteiger partial charge in [0, 0.05) is 7.11 Å². The molecule has 4 rings (SSSR count). The zero-order valence-corrected chi connectivity index (χ0v) is 16.2. The number of carbonyl (C=O) groups excluding carboxylic acids is 2. The van der Waals surface area contributed by atoms with E-state index in [0.29, 0.717) is 19.1 Å². The maximum atomic E-state index is 14.1. The molecule has 0 bridgehead atoms. The van der Waals surface area contributed by atoms with Crippen LogP contribution in [0, 0.1) is 12.7 Å². The van der Waals surface area contributed by atoms with Crippen molar-refractivity contribution in [2.45, 2.75) is 19.4 Å².